The average molecular weight is 410 g/mol. The maximum Gasteiger partial charge on any atom is 0.316 e. The van der Waals surface area contributed by atoms with E-state index in [0.29, 0.717) is 29.4 Å². The summed E-state index contributed by atoms with van der Waals surface area (Å²) in [4.78, 5) is 22.8. The van der Waals surface area contributed by atoms with Gasteiger partial charge >= 0.3 is 6.01 Å². The van der Waals surface area contributed by atoms with E-state index in [-0.39, 0.29) is 18.0 Å². The maximum absolute atomic E-state index is 12.9. The first-order valence-corrected chi connectivity index (χ1v) is 9.81. The Kier molecular flexibility index (Phi) is 5.91. The predicted octanol–water partition coefficient (Wildman–Crippen LogP) is 4.61. The third-order valence-corrected chi connectivity index (χ3v) is 4.81. The number of nitrogens with zero attached hydrogens (tertiary/aromatic N) is 3. The van der Waals surface area contributed by atoms with Crippen molar-refractivity contribution in [2.75, 3.05) is 13.1 Å². The summed E-state index contributed by atoms with van der Waals surface area (Å²) in [5.74, 6) is 1.42. The summed E-state index contributed by atoms with van der Waals surface area (Å²) in [6.07, 6.45) is 4.55. The van der Waals surface area contributed by atoms with Gasteiger partial charge < -0.3 is 14.4 Å². The van der Waals surface area contributed by atoms with Crippen LogP contribution in [0.15, 0.2) is 67.0 Å². The lowest BCUT2D eigenvalue weighted by molar-refractivity contribution is 0.0516. The van der Waals surface area contributed by atoms with Gasteiger partial charge in [0.1, 0.15) is 17.6 Å². The Balaban J connectivity index is 1.37. The minimum atomic E-state index is -0.144. The molecule has 3 aromatic rings. The van der Waals surface area contributed by atoms with E-state index in [0.717, 1.165) is 18.6 Å². The Labute approximate surface area is 174 Å². The second-order valence-electron chi connectivity index (χ2n) is 6.76. The molecule has 0 radical (unpaired) electrons. The number of para-hydroxylation sites is 1. The molecule has 1 aliphatic heterocycles. The number of piperidine rings is 1. The minimum absolute atomic E-state index is 0.0263. The van der Waals surface area contributed by atoms with Crippen LogP contribution >= 0.6 is 11.6 Å². The van der Waals surface area contributed by atoms with Crippen LogP contribution < -0.4 is 9.47 Å². The molecule has 1 unspecified atom stereocenters. The van der Waals surface area contributed by atoms with Crippen molar-refractivity contribution in [2.24, 2.45) is 0 Å². The normalized spacial score (nSPS) is 16.3. The van der Waals surface area contributed by atoms with Gasteiger partial charge in [-0.25, -0.2) is 9.97 Å². The molecule has 2 heterocycles. The van der Waals surface area contributed by atoms with Crippen molar-refractivity contribution in [3.8, 4) is 17.5 Å². The van der Waals surface area contributed by atoms with Gasteiger partial charge in [0.15, 0.2) is 0 Å². The van der Waals surface area contributed by atoms with Crippen LogP contribution in [0.3, 0.4) is 0 Å². The molecule has 4 rings (SSSR count). The number of likely N-dealkylation sites (tertiary alicyclic amines) is 1. The van der Waals surface area contributed by atoms with Crippen molar-refractivity contribution in [1.82, 2.24) is 14.9 Å². The molecule has 7 heteroatoms. The number of carbonyl (C=O) groups is 1. The first-order chi connectivity index (χ1) is 14.2. The Morgan fingerprint density at radius 1 is 1.00 bits per heavy atom. The van der Waals surface area contributed by atoms with E-state index >= 15 is 0 Å². The number of hydrogen-bond donors (Lipinski definition) is 0. The summed E-state index contributed by atoms with van der Waals surface area (Å²) in [5, 5.41) is 0.456. The molecular formula is C22H20ClN3O3. The summed E-state index contributed by atoms with van der Waals surface area (Å²) >= 11 is 5.80. The molecule has 1 atom stereocenters. The highest BCUT2D eigenvalue weighted by Crippen LogP contribution is 2.23. The van der Waals surface area contributed by atoms with E-state index in [4.69, 9.17) is 21.1 Å². The summed E-state index contributed by atoms with van der Waals surface area (Å²) < 4.78 is 11.6. The highest BCUT2D eigenvalue weighted by Gasteiger charge is 2.26. The van der Waals surface area contributed by atoms with E-state index in [9.17, 15) is 4.79 Å². The number of benzene rings is 2. The molecule has 0 saturated carbocycles. The summed E-state index contributed by atoms with van der Waals surface area (Å²) in [6.45, 7) is 1.19. The SMILES string of the molecule is O=C(c1ccc(Oc2ccccc2)cc1)N1CCCC(Oc2ncc(Cl)cn2)C1. The number of rotatable bonds is 5. The fourth-order valence-corrected chi connectivity index (χ4v) is 3.30. The van der Waals surface area contributed by atoms with Gasteiger partial charge in [-0.2, -0.15) is 0 Å². The first-order valence-electron chi connectivity index (χ1n) is 9.44. The third-order valence-electron chi connectivity index (χ3n) is 4.61. The fourth-order valence-electron chi connectivity index (χ4n) is 3.20. The van der Waals surface area contributed by atoms with E-state index in [1.54, 1.807) is 29.2 Å². The van der Waals surface area contributed by atoms with Crippen LogP contribution in [-0.2, 0) is 0 Å². The molecule has 1 aromatic heterocycles. The highest BCUT2D eigenvalue weighted by atomic mass is 35.5. The molecule has 0 N–H and O–H groups in total. The van der Waals surface area contributed by atoms with Crippen LogP contribution in [0.1, 0.15) is 23.2 Å². The van der Waals surface area contributed by atoms with Crippen molar-refractivity contribution >= 4 is 17.5 Å². The van der Waals surface area contributed by atoms with Gasteiger partial charge in [-0.05, 0) is 49.2 Å². The average Bonchev–Trinajstić information content (AvgIpc) is 2.76. The van der Waals surface area contributed by atoms with Crippen molar-refractivity contribution in [3.63, 3.8) is 0 Å². The smallest absolute Gasteiger partial charge is 0.316 e. The number of carbonyl (C=O) groups excluding carboxylic acids is 1. The van der Waals surface area contributed by atoms with Gasteiger partial charge in [0.2, 0.25) is 0 Å². The number of halogens is 1. The lowest BCUT2D eigenvalue weighted by Crippen LogP contribution is -2.44. The second kappa shape index (κ2) is 8.92. The molecule has 6 nitrogen and oxygen atoms in total. The number of amides is 1. The minimum Gasteiger partial charge on any atom is -0.458 e. The molecule has 29 heavy (non-hydrogen) atoms. The Morgan fingerprint density at radius 2 is 1.69 bits per heavy atom. The van der Waals surface area contributed by atoms with Crippen LogP contribution in [0.25, 0.3) is 0 Å². The Hall–Kier alpha value is -3.12. The number of ether oxygens (including phenoxy) is 2. The Morgan fingerprint density at radius 3 is 2.41 bits per heavy atom. The van der Waals surface area contributed by atoms with Gasteiger partial charge in [-0.3, -0.25) is 4.79 Å². The standard InChI is InChI=1S/C22H20ClN3O3/c23-17-13-24-22(25-14-17)29-20-7-4-12-26(15-20)21(27)16-8-10-19(11-9-16)28-18-5-2-1-3-6-18/h1-3,5-6,8-11,13-14,20H,4,7,12,15H2. The Bertz CT molecular complexity index is 949. The predicted molar refractivity (Wildman–Crippen MR) is 110 cm³/mol. The van der Waals surface area contributed by atoms with Crippen molar-refractivity contribution < 1.29 is 14.3 Å². The molecule has 1 aliphatic rings. The fraction of sp³-hybridized carbons (Fsp3) is 0.227. The molecule has 0 aliphatic carbocycles. The molecule has 148 valence electrons. The highest BCUT2D eigenvalue weighted by molar-refractivity contribution is 6.30. The second-order valence-corrected chi connectivity index (χ2v) is 7.19. The van der Waals surface area contributed by atoms with Gasteiger partial charge in [0.05, 0.1) is 24.0 Å². The molecule has 2 aromatic carbocycles. The van der Waals surface area contributed by atoms with Crippen molar-refractivity contribution in [2.45, 2.75) is 18.9 Å². The molecule has 1 saturated heterocycles. The summed E-state index contributed by atoms with van der Waals surface area (Å²) in [5.41, 5.74) is 0.619. The number of hydrogen-bond acceptors (Lipinski definition) is 5. The van der Waals surface area contributed by atoms with Crippen molar-refractivity contribution in [3.05, 3.63) is 77.6 Å². The lowest BCUT2D eigenvalue weighted by atomic mass is 10.1. The third kappa shape index (κ3) is 5.03. The van der Waals surface area contributed by atoms with Crippen LogP contribution in [-0.4, -0.2) is 40.0 Å². The topological polar surface area (TPSA) is 64.5 Å². The quantitative estimate of drug-likeness (QED) is 0.615. The van der Waals surface area contributed by atoms with Crippen LogP contribution in [0.4, 0.5) is 0 Å². The van der Waals surface area contributed by atoms with Gasteiger partial charge in [-0.15, -0.1) is 0 Å². The summed E-state index contributed by atoms with van der Waals surface area (Å²) in [7, 11) is 0. The molecule has 0 bridgehead atoms. The largest absolute Gasteiger partial charge is 0.458 e. The zero-order chi connectivity index (χ0) is 20.1. The number of aromatic nitrogens is 2. The van der Waals surface area contributed by atoms with Crippen molar-refractivity contribution in [1.29, 1.82) is 0 Å². The van der Waals surface area contributed by atoms with Crippen LogP contribution in [0.5, 0.6) is 17.5 Å². The first kappa shape index (κ1) is 19.2. The zero-order valence-corrected chi connectivity index (χ0v) is 16.5. The molecule has 1 fully saturated rings. The molecule has 1 amide bonds. The maximum atomic E-state index is 12.9. The van der Waals surface area contributed by atoms with E-state index in [2.05, 4.69) is 9.97 Å². The van der Waals surface area contributed by atoms with Gasteiger partial charge in [0.25, 0.3) is 5.91 Å². The lowest BCUT2D eigenvalue weighted by Gasteiger charge is -2.32. The zero-order valence-electron chi connectivity index (χ0n) is 15.7. The van der Waals surface area contributed by atoms with E-state index < -0.39 is 0 Å². The van der Waals surface area contributed by atoms with Crippen LogP contribution in [0, 0.1) is 0 Å². The monoisotopic (exact) mass is 409 g/mol. The molecular weight excluding hydrogens is 390 g/mol. The van der Waals surface area contributed by atoms with E-state index in [1.165, 1.54) is 12.4 Å². The van der Waals surface area contributed by atoms with Gasteiger partial charge in [-0.1, -0.05) is 29.8 Å². The summed E-state index contributed by atoms with van der Waals surface area (Å²) in [6, 6.07) is 17.0. The van der Waals surface area contributed by atoms with Crippen LogP contribution in [0.2, 0.25) is 5.02 Å². The van der Waals surface area contributed by atoms with E-state index in [1.807, 2.05) is 30.3 Å². The molecule has 0 spiro atoms. The van der Waals surface area contributed by atoms with Gasteiger partial charge in [0, 0.05) is 12.1 Å².